The molecular weight excluding hydrogens is 352 g/mol. The minimum atomic E-state index is -0.592. The maximum absolute atomic E-state index is 12.5. The molecular formula is C17H14N6O4. The summed E-state index contributed by atoms with van der Waals surface area (Å²) in [5.41, 5.74) is 0.986. The third kappa shape index (κ3) is 4.12. The normalized spacial score (nSPS) is 10.3. The first-order valence-corrected chi connectivity index (χ1v) is 7.76. The van der Waals surface area contributed by atoms with Crippen LogP contribution in [0.4, 0.5) is 17.1 Å². The van der Waals surface area contributed by atoms with Crippen molar-refractivity contribution < 1.29 is 14.5 Å². The molecule has 0 saturated carbocycles. The first kappa shape index (κ1) is 17.7. The molecule has 27 heavy (non-hydrogen) atoms. The highest BCUT2D eigenvalue weighted by molar-refractivity contribution is 6.05. The molecule has 1 aromatic heterocycles. The van der Waals surface area contributed by atoms with Gasteiger partial charge in [-0.25, -0.2) is 9.67 Å². The molecule has 0 fully saturated rings. The van der Waals surface area contributed by atoms with Crippen LogP contribution in [0.2, 0.25) is 0 Å². The molecule has 0 aliphatic rings. The van der Waals surface area contributed by atoms with Gasteiger partial charge in [0, 0.05) is 29.9 Å². The topological polar surface area (TPSA) is 132 Å². The third-order valence-corrected chi connectivity index (χ3v) is 3.54. The van der Waals surface area contributed by atoms with Gasteiger partial charge in [-0.3, -0.25) is 19.7 Å². The van der Waals surface area contributed by atoms with Gasteiger partial charge in [0.1, 0.15) is 18.3 Å². The van der Waals surface area contributed by atoms with Crippen LogP contribution < -0.4 is 10.6 Å². The zero-order valence-electron chi connectivity index (χ0n) is 14.1. The number of hydrogen-bond donors (Lipinski definition) is 2. The van der Waals surface area contributed by atoms with Crippen molar-refractivity contribution in [2.45, 2.75) is 6.92 Å². The predicted molar refractivity (Wildman–Crippen MR) is 96.7 cm³/mol. The lowest BCUT2D eigenvalue weighted by Crippen LogP contribution is -2.13. The predicted octanol–water partition coefficient (Wildman–Crippen LogP) is 2.39. The highest BCUT2D eigenvalue weighted by atomic mass is 16.6. The Morgan fingerprint density at radius 3 is 2.48 bits per heavy atom. The number of carbonyl (C=O) groups is 2. The van der Waals surface area contributed by atoms with E-state index >= 15 is 0 Å². The average molecular weight is 366 g/mol. The fourth-order valence-electron chi connectivity index (χ4n) is 2.42. The molecule has 2 aromatic carbocycles. The lowest BCUT2D eigenvalue weighted by Gasteiger charge is -2.09. The number of hydrogen-bond acceptors (Lipinski definition) is 6. The molecule has 0 atom stereocenters. The van der Waals surface area contributed by atoms with Gasteiger partial charge in [-0.15, -0.1) is 0 Å². The number of nitro groups is 1. The van der Waals surface area contributed by atoms with E-state index in [2.05, 4.69) is 20.7 Å². The number of nitro benzene ring substituents is 1. The molecule has 3 rings (SSSR count). The molecule has 10 nitrogen and oxygen atoms in total. The van der Waals surface area contributed by atoms with Crippen LogP contribution >= 0.6 is 0 Å². The molecule has 136 valence electrons. The van der Waals surface area contributed by atoms with Crippen molar-refractivity contribution >= 4 is 28.9 Å². The van der Waals surface area contributed by atoms with Crippen molar-refractivity contribution in [1.82, 2.24) is 14.8 Å². The molecule has 0 bridgehead atoms. The number of rotatable bonds is 5. The lowest BCUT2D eigenvalue weighted by molar-refractivity contribution is -0.384. The molecule has 0 aliphatic heterocycles. The van der Waals surface area contributed by atoms with Crippen LogP contribution in [-0.2, 0) is 4.79 Å². The van der Waals surface area contributed by atoms with Gasteiger partial charge in [-0.05, 0) is 30.3 Å². The van der Waals surface area contributed by atoms with Crippen molar-refractivity contribution in [3.8, 4) is 5.69 Å². The van der Waals surface area contributed by atoms with Crippen LogP contribution in [0.25, 0.3) is 5.69 Å². The summed E-state index contributed by atoms with van der Waals surface area (Å²) in [6.07, 6.45) is 2.59. The molecule has 1 heterocycles. The summed E-state index contributed by atoms with van der Waals surface area (Å²) in [4.78, 5) is 38.1. The summed E-state index contributed by atoms with van der Waals surface area (Å²) in [6.45, 7) is 1.38. The second-order valence-corrected chi connectivity index (χ2v) is 5.52. The first-order valence-electron chi connectivity index (χ1n) is 7.76. The van der Waals surface area contributed by atoms with Crippen molar-refractivity contribution in [2.75, 3.05) is 10.6 Å². The Bertz CT molecular complexity index is 1020. The largest absolute Gasteiger partial charge is 0.326 e. The fourth-order valence-corrected chi connectivity index (χ4v) is 2.42. The molecule has 0 radical (unpaired) electrons. The molecule has 10 heteroatoms. The van der Waals surface area contributed by atoms with Gasteiger partial charge >= 0.3 is 0 Å². The van der Waals surface area contributed by atoms with Gasteiger partial charge in [0.2, 0.25) is 5.91 Å². The number of carbonyl (C=O) groups excluding carboxylic acids is 2. The van der Waals surface area contributed by atoms with Gasteiger partial charge in [0.05, 0.1) is 4.92 Å². The quantitative estimate of drug-likeness (QED) is 0.526. The van der Waals surface area contributed by atoms with E-state index in [0.29, 0.717) is 11.4 Å². The Hall–Kier alpha value is -4.08. The number of amides is 2. The zero-order valence-corrected chi connectivity index (χ0v) is 14.1. The lowest BCUT2D eigenvalue weighted by atomic mass is 10.1. The Labute approximate surface area is 153 Å². The Morgan fingerprint density at radius 2 is 1.85 bits per heavy atom. The van der Waals surface area contributed by atoms with E-state index < -0.39 is 10.8 Å². The number of benzene rings is 2. The van der Waals surface area contributed by atoms with Crippen molar-refractivity contribution in [3.05, 3.63) is 70.8 Å². The molecule has 2 amide bonds. The van der Waals surface area contributed by atoms with Crippen molar-refractivity contribution in [3.63, 3.8) is 0 Å². The fraction of sp³-hybridized carbons (Fsp3) is 0.0588. The van der Waals surface area contributed by atoms with Crippen molar-refractivity contribution in [2.24, 2.45) is 0 Å². The Kier molecular flexibility index (Phi) is 4.88. The number of nitrogens with one attached hydrogen (secondary N) is 2. The summed E-state index contributed by atoms with van der Waals surface area (Å²) < 4.78 is 1.25. The van der Waals surface area contributed by atoms with Gasteiger partial charge in [0.15, 0.2) is 0 Å². The minimum absolute atomic E-state index is 0.107. The number of nitrogens with zero attached hydrogens (tertiary/aromatic N) is 4. The van der Waals surface area contributed by atoms with Gasteiger partial charge in [-0.1, -0.05) is 6.07 Å². The maximum atomic E-state index is 12.5. The smallest absolute Gasteiger partial charge is 0.295 e. The summed E-state index contributed by atoms with van der Waals surface area (Å²) in [5.74, 6) is -0.763. The molecule has 3 aromatic rings. The molecule has 2 N–H and O–H groups in total. The first-order chi connectivity index (χ1) is 12.9. The van der Waals surface area contributed by atoms with Crippen LogP contribution in [0.5, 0.6) is 0 Å². The van der Waals surface area contributed by atoms with E-state index in [1.807, 2.05) is 0 Å². The SMILES string of the molecule is CC(=O)Nc1cccc(NC(=O)c2ccc(-n3cncn3)c([N+](=O)[O-])c2)c1. The van der Waals surface area contributed by atoms with Crippen LogP contribution in [0.1, 0.15) is 17.3 Å². The maximum Gasteiger partial charge on any atom is 0.295 e. The van der Waals surface area contributed by atoms with E-state index in [1.54, 1.807) is 24.3 Å². The third-order valence-electron chi connectivity index (χ3n) is 3.54. The van der Waals surface area contributed by atoms with Crippen LogP contribution in [0, 0.1) is 10.1 Å². The number of anilines is 2. The summed E-state index contributed by atoms with van der Waals surface area (Å²) in [7, 11) is 0. The van der Waals surface area contributed by atoms with E-state index in [9.17, 15) is 19.7 Å². The highest BCUT2D eigenvalue weighted by Gasteiger charge is 2.19. The molecule has 0 aliphatic carbocycles. The zero-order chi connectivity index (χ0) is 19.4. The minimum Gasteiger partial charge on any atom is -0.326 e. The van der Waals surface area contributed by atoms with Gasteiger partial charge in [-0.2, -0.15) is 5.10 Å². The second kappa shape index (κ2) is 7.44. The monoisotopic (exact) mass is 366 g/mol. The average Bonchev–Trinajstić information content (AvgIpc) is 3.15. The van der Waals surface area contributed by atoms with Crippen molar-refractivity contribution in [1.29, 1.82) is 0 Å². The summed E-state index contributed by atoms with van der Waals surface area (Å²) in [6, 6.07) is 10.6. The van der Waals surface area contributed by atoms with E-state index in [1.165, 1.54) is 42.5 Å². The van der Waals surface area contributed by atoms with Crippen LogP contribution in [0.15, 0.2) is 55.1 Å². The summed E-state index contributed by atoms with van der Waals surface area (Å²) >= 11 is 0. The van der Waals surface area contributed by atoms with Gasteiger partial charge < -0.3 is 10.6 Å². The summed E-state index contributed by atoms with van der Waals surface area (Å²) in [5, 5.41) is 20.5. The van der Waals surface area contributed by atoms with Crippen LogP contribution in [-0.4, -0.2) is 31.5 Å². The van der Waals surface area contributed by atoms with E-state index in [4.69, 9.17) is 0 Å². The standard InChI is InChI=1S/C17H14N6O4/c1-11(24)20-13-3-2-4-14(8-13)21-17(25)12-5-6-15(16(7-12)23(26)27)22-10-18-9-19-22/h2-10H,1H3,(H,20,24)(H,21,25). The Balaban J connectivity index is 1.86. The van der Waals surface area contributed by atoms with E-state index in [-0.39, 0.29) is 22.8 Å². The van der Waals surface area contributed by atoms with E-state index in [0.717, 1.165) is 0 Å². The second-order valence-electron chi connectivity index (χ2n) is 5.52. The molecule has 0 unspecified atom stereocenters. The Morgan fingerprint density at radius 1 is 1.11 bits per heavy atom. The molecule has 0 saturated heterocycles. The highest BCUT2D eigenvalue weighted by Crippen LogP contribution is 2.24. The molecule has 0 spiro atoms. The number of aromatic nitrogens is 3. The van der Waals surface area contributed by atoms with Crippen LogP contribution in [0.3, 0.4) is 0 Å². The van der Waals surface area contributed by atoms with Gasteiger partial charge in [0.25, 0.3) is 11.6 Å².